The summed E-state index contributed by atoms with van der Waals surface area (Å²) in [4.78, 5) is 14.5. The standard InChI is InChI=1S/C16H27N3O/c1-12(2)19(11-5-10-17)16(20)15-9-8-13-6-3-4-7-14(13)18-15/h12-15,18H,3-9,11H2,1-2H3. The molecule has 1 aliphatic carbocycles. The van der Waals surface area contributed by atoms with E-state index in [9.17, 15) is 4.79 Å². The smallest absolute Gasteiger partial charge is 0.239 e. The van der Waals surface area contributed by atoms with Crippen LogP contribution in [0.4, 0.5) is 0 Å². The summed E-state index contributed by atoms with van der Waals surface area (Å²) in [7, 11) is 0. The molecule has 0 aromatic rings. The van der Waals surface area contributed by atoms with Crippen molar-refractivity contribution in [3.05, 3.63) is 0 Å². The molecular formula is C16H27N3O. The van der Waals surface area contributed by atoms with Crippen LogP contribution < -0.4 is 5.32 Å². The Kier molecular flexibility index (Phi) is 5.42. The van der Waals surface area contributed by atoms with Crippen LogP contribution >= 0.6 is 0 Å². The fourth-order valence-electron chi connectivity index (χ4n) is 3.68. The Balaban J connectivity index is 1.95. The number of hydrogen-bond acceptors (Lipinski definition) is 3. The predicted molar refractivity (Wildman–Crippen MR) is 79.0 cm³/mol. The molecule has 4 heteroatoms. The Morgan fingerprint density at radius 1 is 1.30 bits per heavy atom. The minimum atomic E-state index is -0.0320. The van der Waals surface area contributed by atoms with Crippen LogP contribution in [-0.4, -0.2) is 35.5 Å². The van der Waals surface area contributed by atoms with Crippen molar-refractivity contribution in [1.82, 2.24) is 10.2 Å². The molecule has 2 aliphatic rings. The lowest BCUT2D eigenvalue weighted by Gasteiger charge is -2.41. The molecule has 0 bridgehead atoms. The summed E-state index contributed by atoms with van der Waals surface area (Å²) in [5, 5.41) is 12.3. The fourth-order valence-corrected chi connectivity index (χ4v) is 3.68. The van der Waals surface area contributed by atoms with Gasteiger partial charge in [-0.05, 0) is 45.4 Å². The van der Waals surface area contributed by atoms with E-state index in [4.69, 9.17) is 5.26 Å². The molecule has 1 heterocycles. The number of carbonyl (C=O) groups excluding carboxylic acids is 1. The largest absolute Gasteiger partial charge is 0.338 e. The third kappa shape index (κ3) is 3.52. The molecule has 112 valence electrons. The van der Waals surface area contributed by atoms with Crippen molar-refractivity contribution < 1.29 is 4.79 Å². The first kappa shape index (κ1) is 15.3. The lowest BCUT2D eigenvalue weighted by atomic mass is 9.77. The van der Waals surface area contributed by atoms with Crippen LogP contribution in [0.3, 0.4) is 0 Å². The molecular weight excluding hydrogens is 250 g/mol. The molecule has 1 saturated heterocycles. The first-order valence-electron chi connectivity index (χ1n) is 8.07. The fraction of sp³-hybridized carbons (Fsp3) is 0.875. The molecule has 4 nitrogen and oxygen atoms in total. The number of carbonyl (C=O) groups is 1. The molecule has 0 radical (unpaired) electrons. The lowest BCUT2D eigenvalue weighted by Crippen LogP contribution is -2.56. The molecule has 1 aliphatic heterocycles. The van der Waals surface area contributed by atoms with Gasteiger partial charge in [0, 0.05) is 18.6 Å². The molecule has 20 heavy (non-hydrogen) atoms. The van der Waals surface area contributed by atoms with Crippen LogP contribution in [0.5, 0.6) is 0 Å². The highest BCUT2D eigenvalue weighted by molar-refractivity contribution is 5.82. The van der Waals surface area contributed by atoms with E-state index in [1.165, 1.54) is 32.1 Å². The number of rotatable bonds is 4. The monoisotopic (exact) mass is 277 g/mol. The van der Waals surface area contributed by atoms with Gasteiger partial charge in [-0.2, -0.15) is 5.26 Å². The minimum absolute atomic E-state index is 0.0320. The van der Waals surface area contributed by atoms with Crippen LogP contribution in [-0.2, 0) is 4.79 Å². The van der Waals surface area contributed by atoms with E-state index in [1.807, 2.05) is 18.7 Å². The molecule has 1 saturated carbocycles. The first-order valence-corrected chi connectivity index (χ1v) is 8.07. The van der Waals surface area contributed by atoms with E-state index in [1.54, 1.807) is 0 Å². The summed E-state index contributed by atoms with van der Waals surface area (Å²) in [5.41, 5.74) is 0. The molecule has 1 amide bonds. The number of fused-ring (bicyclic) bond motifs is 1. The Morgan fingerprint density at radius 2 is 2.05 bits per heavy atom. The molecule has 0 spiro atoms. The van der Waals surface area contributed by atoms with Crippen LogP contribution in [0.15, 0.2) is 0 Å². The van der Waals surface area contributed by atoms with Gasteiger partial charge in [0.2, 0.25) is 5.91 Å². The Morgan fingerprint density at radius 3 is 2.75 bits per heavy atom. The first-order chi connectivity index (χ1) is 9.63. The van der Waals surface area contributed by atoms with Gasteiger partial charge in [0.1, 0.15) is 0 Å². The minimum Gasteiger partial charge on any atom is -0.338 e. The van der Waals surface area contributed by atoms with Crippen molar-refractivity contribution >= 4 is 5.91 Å². The number of nitrogens with one attached hydrogen (secondary N) is 1. The second-order valence-corrected chi connectivity index (χ2v) is 6.48. The second-order valence-electron chi connectivity index (χ2n) is 6.48. The molecule has 2 rings (SSSR count). The zero-order valence-electron chi connectivity index (χ0n) is 12.8. The van der Waals surface area contributed by atoms with Gasteiger partial charge in [0.15, 0.2) is 0 Å². The van der Waals surface area contributed by atoms with Gasteiger partial charge in [-0.25, -0.2) is 0 Å². The van der Waals surface area contributed by atoms with E-state index >= 15 is 0 Å². The SMILES string of the molecule is CC(C)N(CCC#N)C(=O)C1CCC2CCCCC2N1. The Labute approximate surface area is 122 Å². The van der Waals surface area contributed by atoms with Gasteiger partial charge in [-0.1, -0.05) is 12.8 Å². The zero-order valence-corrected chi connectivity index (χ0v) is 12.8. The van der Waals surface area contributed by atoms with Crippen molar-refractivity contribution in [2.75, 3.05) is 6.54 Å². The van der Waals surface area contributed by atoms with Gasteiger partial charge in [-0.15, -0.1) is 0 Å². The van der Waals surface area contributed by atoms with Crippen molar-refractivity contribution in [3.63, 3.8) is 0 Å². The number of hydrogen-bond donors (Lipinski definition) is 1. The normalized spacial score (nSPS) is 29.6. The maximum atomic E-state index is 12.7. The van der Waals surface area contributed by atoms with Gasteiger partial charge >= 0.3 is 0 Å². The molecule has 3 atom stereocenters. The second kappa shape index (κ2) is 7.08. The molecule has 2 fully saturated rings. The average molecular weight is 277 g/mol. The Bertz CT molecular complexity index is 374. The van der Waals surface area contributed by atoms with Gasteiger partial charge < -0.3 is 10.2 Å². The predicted octanol–water partition coefficient (Wildman–Crippen LogP) is 2.45. The van der Waals surface area contributed by atoms with Crippen LogP contribution in [0.2, 0.25) is 0 Å². The number of amides is 1. The highest BCUT2D eigenvalue weighted by atomic mass is 16.2. The van der Waals surface area contributed by atoms with Gasteiger partial charge in [0.25, 0.3) is 0 Å². The topological polar surface area (TPSA) is 56.1 Å². The summed E-state index contributed by atoms with van der Waals surface area (Å²) in [6.07, 6.45) is 7.73. The van der Waals surface area contributed by atoms with Gasteiger partial charge in [0.05, 0.1) is 18.5 Å². The van der Waals surface area contributed by atoms with E-state index in [0.29, 0.717) is 19.0 Å². The van der Waals surface area contributed by atoms with Crippen LogP contribution in [0, 0.1) is 17.2 Å². The maximum Gasteiger partial charge on any atom is 0.239 e. The molecule has 0 aromatic heterocycles. The molecule has 1 N–H and O–H groups in total. The Hall–Kier alpha value is -1.08. The third-order valence-corrected chi connectivity index (χ3v) is 4.82. The van der Waals surface area contributed by atoms with E-state index in [0.717, 1.165) is 12.3 Å². The van der Waals surface area contributed by atoms with Crippen molar-refractivity contribution in [2.45, 2.75) is 76.9 Å². The van der Waals surface area contributed by atoms with Gasteiger partial charge in [-0.3, -0.25) is 4.79 Å². The quantitative estimate of drug-likeness (QED) is 0.858. The van der Waals surface area contributed by atoms with Crippen molar-refractivity contribution in [3.8, 4) is 6.07 Å². The van der Waals surface area contributed by atoms with Crippen LogP contribution in [0.25, 0.3) is 0 Å². The summed E-state index contributed by atoms with van der Waals surface area (Å²) >= 11 is 0. The molecule has 0 aromatic carbocycles. The van der Waals surface area contributed by atoms with Crippen molar-refractivity contribution in [1.29, 1.82) is 5.26 Å². The van der Waals surface area contributed by atoms with E-state index < -0.39 is 0 Å². The average Bonchev–Trinajstić information content (AvgIpc) is 2.46. The summed E-state index contributed by atoms with van der Waals surface area (Å²) in [5.74, 6) is 0.971. The summed E-state index contributed by atoms with van der Waals surface area (Å²) in [6.45, 7) is 4.61. The summed E-state index contributed by atoms with van der Waals surface area (Å²) in [6, 6.07) is 2.82. The highest BCUT2D eigenvalue weighted by Crippen LogP contribution is 2.32. The third-order valence-electron chi connectivity index (χ3n) is 4.82. The van der Waals surface area contributed by atoms with Crippen LogP contribution in [0.1, 0.15) is 58.8 Å². The maximum absolute atomic E-state index is 12.7. The number of piperidine rings is 1. The van der Waals surface area contributed by atoms with E-state index in [2.05, 4.69) is 11.4 Å². The lowest BCUT2D eigenvalue weighted by molar-refractivity contribution is -0.136. The summed E-state index contributed by atoms with van der Waals surface area (Å²) < 4.78 is 0. The van der Waals surface area contributed by atoms with E-state index in [-0.39, 0.29) is 18.0 Å². The highest BCUT2D eigenvalue weighted by Gasteiger charge is 2.36. The zero-order chi connectivity index (χ0) is 14.5. The number of nitriles is 1. The molecule has 3 unspecified atom stereocenters. The van der Waals surface area contributed by atoms with Crippen molar-refractivity contribution in [2.24, 2.45) is 5.92 Å². The number of nitrogens with zero attached hydrogens (tertiary/aromatic N) is 2.